The number of aromatic nitrogens is 1. The Labute approximate surface area is 190 Å². The topological polar surface area (TPSA) is 112 Å². The molecule has 1 heterocycles. The normalized spacial score (nSPS) is 12.2. The van der Waals surface area contributed by atoms with Crippen molar-refractivity contribution < 1.29 is 32.8 Å². The molecule has 0 saturated carbocycles. The van der Waals surface area contributed by atoms with Crippen LogP contribution in [0.4, 0.5) is 0 Å². The van der Waals surface area contributed by atoms with Gasteiger partial charge in [0.05, 0.1) is 37.2 Å². The van der Waals surface area contributed by atoms with Crippen LogP contribution < -0.4 is 0 Å². The van der Waals surface area contributed by atoms with Gasteiger partial charge in [0.25, 0.3) is 0 Å². The highest BCUT2D eigenvalue weighted by molar-refractivity contribution is 7.84. The Kier molecular flexibility index (Phi) is 8.77. The van der Waals surface area contributed by atoms with Gasteiger partial charge in [-0.1, -0.05) is 18.2 Å². The first-order chi connectivity index (χ1) is 15.1. The van der Waals surface area contributed by atoms with Crippen molar-refractivity contribution in [1.82, 2.24) is 4.98 Å². The van der Waals surface area contributed by atoms with Crippen LogP contribution in [0.25, 0.3) is 0 Å². The monoisotopic (exact) mass is 463 g/mol. The van der Waals surface area contributed by atoms with E-state index in [1.807, 2.05) is 6.07 Å². The van der Waals surface area contributed by atoms with Crippen molar-refractivity contribution in [2.45, 2.75) is 56.3 Å². The fraction of sp³-hybridized carbons (Fsp3) is 0.435. The molecule has 0 saturated heterocycles. The van der Waals surface area contributed by atoms with Crippen LogP contribution in [0.2, 0.25) is 0 Å². The van der Waals surface area contributed by atoms with E-state index in [4.69, 9.17) is 14.2 Å². The van der Waals surface area contributed by atoms with Crippen LogP contribution >= 0.6 is 0 Å². The summed E-state index contributed by atoms with van der Waals surface area (Å²) in [4.78, 5) is 40.4. The molecule has 32 heavy (non-hydrogen) atoms. The summed E-state index contributed by atoms with van der Waals surface area (Å²) in [6.45, 7) is 5.22. The van der Waals surface area contributed by atoms with E-state index in [0.717, 1.165) is 0 Å². The molecular formula is C23H29NO7S. The fourth-order valence-electron chi connectivity index (χ4n) is 3.08. The predicted molar refractivity (Wildman–Crippen MR) is 119 cm³/mol. The summed E-state index contributed by atoms with van der Waals surface area (Å²) in [6.07, 6.45) is -0.00475. The number of benzene rings is 1. The van der Waals surface area contributed by atoms with Crippen LogP contribution in [-0.2, 0) is 53.2 Å². The first-order valence-corrected chi connectivity index (χ1v) is 11.4. The highest BCUT2D eigenvalue weighted by Gasteiger charge is 2.28. The van der Waals surface area contributed by atoms with Crippen molar-refractivity contribution in [2.75, 3.05) is 14.2 Å². The lowest BCUT2D eigenvalue weighted by Gasteiger charge is -2.19. The lowest BCUT2D eigenvalue weighted by Crippen LogP contribution is -2.25. The van der Waals surface area contributed by atoms with Gasteiger partial charge in [-0.15, -0.1) is 0 Å². The van der Waals surface area contributed by atoms with Crippen LogP contribution in [-0.4, -0.2) is 46.9 Å². The van der Waals surface area contributed by atoms with E-state index in [1.165, 1.54) is 14.2 Å². The molecule has 0 aliphatic heterocycles. The van der Waals surface area contributed by atoms with Gasteiger partial charge in [-0.25, -0.2) is 4.79 Å². The molecule has 0 bridgehead atoms. The molecule has 1 atom stereocenters. The van der Waals surface area contributed by atoms with E-state index < -0.39 is 34.3 Å². The zero-order valence-electron chi connectivity index (χ0n) is 19.0. The van der Waals surface area contributed by atoms with Gasteiger partial charge in [-0.05, 0) is 50.5 Å². The molecule has 2 aromatic rings. The number of ether oxygens (including phenoxy) is 3. The highest BCUT2D eigenvalue weighted by atomic mass is 32.2. The third kappa shape index (κ3) is 7.05. The van der Waals surface area contributed by atoms with Crippen LogP contribution in [0.5, 0.6) is 0 Å². The lowest BCUT2D eigenvalue weighted by molar-refractivity contribution is -0.141. The molecule has 0 amide bonds. The number of carbonyl (C=O) groups is 3. The number of aromatic amines is 1. The summed E-state index contributed by atoms with van der Waals surface area (Å²) < 4.78 is 28.0. The van der Waals surface area contributed by atoms with Crippen molar-refractivity contribution in [3.63, 3.8) is 0 Å². The van der Waals surface area contributed by atoms with E-state index in [-0.39, 0.29) is 30.7 Å². The third-order valence-corrected chi connectivity index (χ3v) is 5.90. The third-order valence-electron chi connectivity index (χ3n) is 4.55. The van der Waals surface area contributed by atoms with Crippen LogP contribution in [0, 0.1) is 0 Å². The Morgan fingerprint density at radius 3 is 2.16 bits per heavy atom. The second-order valence-corrected chi connectivity index (χ2v) is 9.52. The van der Waals surface area contributed by atoms with Gasteiger partial charge >= 0.3 is 17.9 Å². The number of hydrogen-bond acceptors (Lipinski definition) is 7. The van der Waals surface area contributed by atoms with Crippen LogP contribution in [0.3, 0.4) is 0 Å². The average Bonchev–Trinajstić information content (AvgIpc) is 3.08. The Hall–Kier alpha value is -2.94. The van der Waals surface area contributed by atoms with Gasteiger partial charge in [0.1, 0.15) is 11.3 Å². The Balaban J connectivity index is 2.53. The smallest absolute Gasteiger partial charge is 0.355 e. The molecule has 1 N–H and O–H groups in total. The molecule has 0 aliphatic carbocycles. The van der Waals surface area contributed by atoms with Crippen molar-refractivity contribution in [2.24, 2.45) is 0 Å². The van der Waals surface area contributed by atoms with E-state index in [1.54, 1.807) is 45.0 Å². The molecule has 0 spiro atoms. The molecule has 0 aliphatic rings. The largest absolute Gasteiger partial charge is 0.469 e. The summed E-state index contributed by atoms with van der Waals surface area (Å²) in [5.74, 6) is -1.56. The molecule has 0 radical (unpaired) electrons. The van der Waals surface area contributed by atoms with E-state index in [9.17, 15) is 18.6 Å². The molecule has 9 heteroatoms. The first kappa shape index (κ1) is 25.3. The van der Waals surface area contributed by atoms with E-state index in [0.29, 0.717) is 21.7 Å². The second-order valence-electron chi connectivity index (χ2n) is 8.07. The zero-order valence-corrected chi connectivity index (χ0v) is 19.8. The van der Waals surface area contributed by atoms with Crippen LogP contribution in [0.15, 0.2) is 35.2 Å². The number of H-pyrrole nitrogens is 1. The van der Waals surface area contributed by atoms with Crippen molar-refractivity contribution in [3.8, 4) is 0 Å². The van der Waals surface area contributed by atoms with Crippen molar-refractivity contribution in [3.05, 3.63) is 52.8 Å². The predicted octanol–water partition coefficient (Wildman–Crippen LogP) is 3.10. The van der Waals surface area contributed by atoms with Gasteiger partial charge in [0, 0.05) is 17.0 Å². The summed E-state index contributed by atoms with van der Waals surface area (Å²) >= 11 is 0. The summed E-state index contributed by atoms with van der Waals surface area (Å²) in [5.41, 5.74) is 0.763. The van der Waals surface area contributed by atoms with Gasteiger partial charge in [0.2, 0.25) is 0 Å². The molecule has 1 unspecified atom stereocenters. The maximum absolute atomic E-state index is 12.9. The Morgan fingerprint density at radius 2 is 1.59 bits per heavy atom. The maximum Gasteiger partial charge on any atom is 0.355 e. The summed E-state index contributed by atoms with van der Waals surface area (Å²) in [5, 5.41) is 0. The minimum absolute atomic E-state index is 0.000458. The lowest BCUT2D eigenvalue weighted by atomic mass is 10.0. The molecule has 2 rings (SSSR count). The zero-order chi connectivity index (χ0) is 23.9. The Morgan fingerprint density at radius 1 is 0.969 bits per heavy atom. The summed E-state index contributed by atoms with van der Waals surface area (Å²) in [6, 6.07) is 8.87. The van der Waals surface area contributed by atoms with Gasteiger partial charge in [0.15, 0.2) is 0 Å². The second kappa shape index (κ2) is 11.1. The number of nitrogens with one attached hydrogen (secondary N) is 1. The van der Waals surface area contributed by atoms with E-state index >= 15 is 0 Å². The Bertz CT molecular complexity index is 990. The number of carbonyl (C=O) groups excluding carboxylic acids is 3. The van der Waals surface area contributed by atoms with Crippen molar-refractivity contribution in [1.29, 1.82) is 0 Å². The molecule has 8 nitrogen and oxygen atoms in total. The minimum atomic E-state index is -1.43. The molecule has 1 aromatic carbocycles. The fourth-order valence-corrected chi connectivity index (χ4v) is 4.22. The van der Waals surface area contributed by atoms with Crippen LogP contribution in [0.1, 0.15) is 54.5 Å². The van der Waals surface area contributed by atoms with Crippen molar-refractivity contribution >= 4 is 28.7 Å². The SMILES string of the molecule is COC(=O)CCc1c(C(=O)OC(C)(C)C)[nH]c(CS(=O)c2ccccc2)c1CC(=O)OC. The van der Waals surface area contributed by atoms with Gasteiger partial charge in [-0.3, -0.25) is 13.8 Å². The average molecular weight is 464 g/mol. The molecule has 1 aromatic heterocycles. The number of hydrogen-bond donors (Lipinski definition) is 1. The standard InChI is InChI=1S/C23H29NO7S/c1-23(2,3)31-22(27)21-16(11-12-19(25)29-4)17(13-20(26)30-5)18(24-21)14-32(28)15-9-7-6-8-10-15/h6-10,24H,11-14H2,1-5H3. The molecular weight excluding hydrogens is 434 g/mol. The van der Waals surface area contributed by atoms with E-state index in [2.05, 4.69) is 4.98 Å². The molecule has 174 valence electrons. The summed E-state index contributed by atoms with van der Waals surface area (Å²) in [7, 11) is 1.11. The number of esters is 3. The maximum atomic E-state index is 12.9. The van der Waals surface area contributed by atoms with Gasteiger partial charge in [-0.2, -0.15) is 0 Å². The quantitative estimate of drug-likeness (QED) is 0.449. The highest BCUT2D eigenvalue weighted by Crippen LogP contribution is 2.27. The first-order valence-electron chi connectivity index (χ1n) is 10.1. The number of methoxy groups -OCH3 is 2. The van der Waals surface area contributed by atoms with Gasteiger partial charge < -0.3 is 19.2 Å². The number of rotatable bonds is 9. The minimum Gasteiger partial charge on any atom is -0.469 e. The molecule has 0 fully saturated rings.